The summed E-state index contributed by atoms with van der Waals surface area (Å²) in [6.07, 6.45) is 3.72. The van der Waals surface area contributed by atoms with Gasteiger partial charge in [0.25, 0.3) is 0 Å². The van der Waals surface area contributed by atoms with Crippen molar-refractivity contribution in [2.45, 2.75) is 26.2 Å². The molecule has 0 saturated heterocycles. The van der Waals surface area contributed by atoms with Crippen LogP contribution in [0.4, 0.5) is 0 Å². The molecule has 0 amide bonds. The van der Waals surface area contributed by atoms with Crippen molar-refractivity contribution in [3.63, 3.8) is 0 Å². The Balaban J connectivity index is 0.000000219. The van der Waals surface area contributed by atoms with Gasteiger partial charge in [-0.2, -0.15) is 0 Å². The van der Waals surface area contributed by atoms with E-state index in [1.54, 1.807) is 0 Å². The molecule has 1 heteroatoms. The third-order valence-electron chi connectivity index (χ3n) is 3.07. The third-order valence-corrected chi connectivity index (χ3v) is 3.19. The molecule has 110 valence electrons. The molecule has 0 nitrogen and oxygen atoms in total. The maximum absolute atomic E-state index is 5.36. The van der Waals surface area contributed by atoms with E-state index in [0.717, 1.165) is 5.56 Å². The summed E-state index contributed by atoms with van der Waals surface area (Å²) in [6.45, 7) is 10.4. The molecule has 0 unspecified atom stereocenters. The van der Waals surface area contributed by atoms with Gasteiger partial charge < -0.3 is 0 Å². The first kappa shape index (κ1) is 17.3. The summed E-state index contributed by atoms with van der Waals surface area (Å²) in [5, 5.41) is 0. The number of hydrogen-bond acceptors (Lipinski definition) is 0. The van der Waals surface area contributed by atoms with Crippen LogP contribution >= 0.6 is 11.6 Å². The summed E-state index contributed by atoms with van der Waals surface area (Å²) in [4.78, 5) is 0. The summed E-state index contributed by atoms with van der Waals surface area (Å²) in [5.74, 6) is 0. The van der Waals surface area contributed by atoms with Gasteiger partial charge in [0.2, 0.25) is 0 Å². The van der Waals surface area contributed by atoms with Gasteiger partial charge in [-0.05, 0) is 28.2 Å². The van der Waals surface area contributed by atoms with E-state index >= 15 is 0 Å². The van der Waals surface area contributed by atoms with Crippen LogP contribution < -0.4 is 0 Å². The highest BCUT2D eigenvalue weighted by Gasteiger charge is 2.12. The van der Waals surface area contributed by atoms with Crippen LogP contribution in [0, 0.1) is 0 Å². The molecule has 0 aliphatic heterocycles. The Morgan fingerprint density at radius 3 is 1.86 bits per heavy atom. The Bertz CT molecular complexity index is 557. The first-order valence-corrected chi connectivity index (χ1v) is 7.46. The van der Waals surface area contributed by atoms with Gasteiger partial charge in [-0.3, -0.25) is 0 Å². The number of rotatable bonds is 2. The average Bonchev–Trinajstić information content (AvgIpc) is 2.48. The highest BCUT2D eigenvalue weighted by molar-refractivity contribution is 6.27. The van der Waals surface area contributed by atoms with E-state index in [-0.39, 0.29) is 5.41 Å². The van der Waals surface area contributed by atoms with Crippen LogP contribution in [-0.2, 0) is 5.41 Å². The fourth-order valence-corrected chi connectivity index (χ4v) is 1.90. The van der Waals surface area contributed by atoms with Crippen molar-refractivity contribution >= 4 is 23.8 Å². The molecule has 0 fully saturated rings. The molecule has 0 bridgehead atoms. The zero-order valence-corrected chi connectivity index (χ0v) is 13.8. The molecule has 2 aromatic rings. The number of halogens is 1. The van der Waals surface area contributed by atoms with Gasteiger partial charge in [0.15, 0.2) is 0 Å². The van der Waals surface area contributed by atoms with Crippen molar-refractivity contribution in [3.8, 4) is 0 Å². The van der Waals surface area contributed by atoms with E-state index in [1.165, 1.54) is 16.7 Å². The maximum Gasteiger partial charge on any atom is 0.00484 e. The van der Waals surface area contributed by atoms with Gasteiger partial charge in [0, 0.05) is 5.54 Å². The Morgan fingerprint density at radius 2 is 1.43 bits per heavy atom. The Labute approximate surface area is 133 Å². The van der Waals surface area contributed by atoms with Gasteiger partial charge in [-0.1, -0.05) is 99.6 Å². The first-order chi connectivity index (χ1) is 9.97. The molecule has 2 rings (SSSR count). The molecule has 0 radical (unpaired) electrons. The molecule has 0 aliphatic rings. The molecule has 0 aliphatic carbocycles. The summed E-state index contributed by atoms with van der Waals surface area (Å²) < 4.78 is 0. The molecule has 0 atom stereocenters. The second kappa shape index (κ2) is 8.49. The predicted octanol–water partition coefficient (Wildman–Crippen LogP) is 6.52. The van der Waals surface area contributed by atoms with Crippen LogP contribution in [0.15, 0.2) is 66.7 Å². The predicted molar refractivity (Wildman–Crippen MR) is 96.6 cm³/mol. The van der Waals surface area contributed by atoms with Gasteiger partial charge in [-0.15, -0.1) is 0 Å². The van der Waals surface area contributed by atoms with Crippen LogP contribution in [0.25, 0.3) is 12.2 Å². The minimum Gasteiger partial charge on any atom is -0.0985 e. The molecular formula is C20H23Cl. The van der Waals surface area contributed by atoms with Crippen LogP contribution in [0.2, 0.25) is 0 Å². The van der Waals surface area contributed by atoms with Crippen molar-refractivity contribution in [3.05, 3.63) is 83.4 Å². The van der Waals surface area contributed by atoms with Crippen molar-refractivity contribution in [2.75, 3.05) is 0 Å². The highest BCUT2D eigenvalue weighted by atomic mass is 35.5. The summed E-state index contributed by atoms with van der Waals surface area (Å²) >= 11 is 5.36. The van der Waals surface area contributed by atoms with Gasteiger partial charge >= 0.3 is 0 Å². The van der Waals surface area contributed by atoms with Gasteiger partial charge in [0.1, 0.15) is 0 Å². The average molecular weight is 299 g/mol. The number of hydrogen-bond donors (Lipinski definition) is 0. The Morgan fingerprint density at radius 1 is 0.857 bits per heavy atom. The highest BCUT2D eigenvalue weighted by Crippen LogP contribution is 2.22. The zero-order chi connectivity index (χ0) is 15.7. The summed E-state index contributed by atoms with van der Waals surface area (Å²) in [6, 6.07) is 18.5. The summed E-state index contributed by atoms with van der Waals surface area (Å²) in [7, 11) is 0. The van der Waals surface area contributed by atoms with Gasteiger partial charge in [-0.25, -0.2) is 0 Å². The molecule has 0 saturated carbocycles. The Hall–Kier alpha value is -1.79. The molecule has 0 heterocycles. The van der Waals surface area contributed by atoms with Crippen molar-refractivity contribution in [1.29, 1.82) is 0 Å². The van der Waals surface area contributed by atoms with E-state index in [2.05, 4.69) is 51.6 Å². The van der Waals surface area contributed by atoms with E-state index in [1.807, 2.05) is 42.5 Å². The molecular weight excluding hydrogens is 276 g/mol. The zero-order valence-electron chi connectivity index (χ0n) is 13.0. The van der Waals surface area contributed by atoms with Crippen LogP contribution in [0.3, 0.4) is 0 Å². The SMILES string of the molecule is C=Cc1ccc(C(C)(C)C)cc1.ClC=Cc1ccccc1. The maximum atomic E-state index is 5.36. The van der Waals surface area contributed by atoms with E-state index < -0.39 is 0 Å². The van der Waals surface area contributed by atoms with E-state index in [0.29, 0.717) is 0 Å². The largest absolute Gasteiger partial charge is 0.0985 e. The van der Waals surface area contributed by atoms with E-state index in [4.69, 9.17) is 11.6 Å². The molecule has 2 aromatic carbocycles. The standard InChI is InChI=1S/C12H16.C8H7Cl/c1-5-10-6-8-11(9-7-10)12(2,3)4;9-7-6-8-4-2-1-3-5-8/h5-9H,1H2,2-4H3;1-7H. The first-order valence-electron chi connectivity index (χ1n) is 7.02. The quantitative estimate of drug-likeness (QED) is 0.592. The monoisotopic (exact) mass is 298 g/mol. The smallest absolute Gasteiger partial charge is 0.00484 e. The fourth-order valence-electron chi connectivity index (χ4n) is 1.76. The van der Waals surface area contributed by atoms with Crippen LogP contribution in [0.5, 0.6) is 0 Å². The van der Waals surface area contributed by atoms with Gasteiger partial charge in [0.05, 0.1) is 0 Å². The van der Waals surface area contributed by atoms with E-state index in [9.17, 15) is 0 Å². The lowest BCUT2D eigenvalue weighted by atomic mass is 9.87. The lowest BCUT2D eigenvalue weighted by Gasteiger charge is -2.18. The second-order valence-electron chi connectivity index (χ2n) is 5.78. The topological polar surface area (TPSA) is 0 Å². The fraction of sp³-hybridized carbons (Fsp3) is 0.200. The van der Waals surface area contributed by atoms with Crippen molar-refractivity contribution in [2.24, 2.45) is 0 Å². The molecule has 21 heavy (non-hydrogen) atoms. The lowest BCUT2D eigenvalue weighted by Crippen LogP contribution is -2.10. The second-order valence-corrected chi connectivity index (χ2v) is 6.03. The molecule has 0 aromatic heterocycles. The van der Waals surface area contributed by atoms with Crippen molar-refractivity contribution in [1.82, 2.24) is 0 Å². The normalized spacial score (nSPS) is 10.9. The minimum absolute atomic E-state index is 0.250. The summed E-state index contributed by atoms with van der Waals surface area (Å²) in [5.41, 5.74) is 5.44. The molecule has 0 N–H and O–H groups in total. The minimum atomic E-state index is 0.250. The number of benzene rings is 2. The van der Waals surface area contributed by atoms with Crippen molar-refractivity contribution < 1.29 is 0 Å². The third kappa shape index (κ3) is 6.46. The lowest BCUT2D eigenvalue weighted by molar-refractivity contribution is 0.590. The van der Waals surface area contributed by atoms with Crippen LogP contribution in [-0.4, -0.2) is 0 Å². The van der Waals surface area contributed by atoms with Crippen LogP contribution in [0.1, 0.15) is 37.5 Å². The Kier molecular flexibility index (Phi) is 6.98. The molecule has 0 spiro atoms.